The Kier molecular flexibility index (Phi) is 4.41. The highest BCUT2D eigenvalue weighted by Gasteiger charge is 2.42. The van der Waals surface area contributed by atoms with E-state index in [9.17, 15) is 4.79 Å². The molecule has 0 spiro atoms. The van der Waals surface area contributed by atoms with Crippen molar-refractivity contribution in [2.24, 2.45) is 0 Å². The molecule has 5 heteroatoms. The average Bonchev–Trinajstić information content (AvgIpc) is 3.26. The summed E-state index contributed by atoms with van der Waals surface area (Å²) in [6, 6.07) is 14.8. The lowest BCUT2D eigenvalue weighted by Gasteiger charge is -2.48. The van der Waals surface area contributed by atoms with Crippen LogP contribution in [0, 0.1) is 6.92 Å². The van der Waals surface area contributed by atoms with Crippen LogP contribution in [0.25, 0.3) is 42.5 Å². The van der Waals surface area contributed by atoms with Gasteiger partial charge in [-0.25, -0.2) is 9.78 Å². The van der Waals surface area contributed by atoms with Crippen molar-refractivity contribution in [1.29, 1.82) is 0 Å². The molecule has 36 heavy (non-hydrogen) atoms. The minimum atomic E-state index is -0.289. The van der Waals surface area contributed by atoms with Gasteiger partial charge in [-0.2, -0.15) is 0 Å². The molecule has 0 atom stereocenters. The van der Waals surface area contributed by atoms with Gasteiger partial charge in [-0.15, -0.1) is 11.3 Å². The van der Waals surface area contributed by atoms with Crippen LogP contribution in [-0.4, -0.2) is 18.1 Å². The first-order chi connectivity index (χ1) is 17.2. The van der Waals surface area contributed by atoms with Gasteiger partial charge in [-0.05, 0) is 59.2 Å². The SMILES string of the molecule is Cc1c(-c2nc3c(ccc4ccccc43)s2)c(=O)oc2c3c4c(cc12)C(C)(C)CCN4CCC3(C)C. The smallest absolute Gasteiger partial charge is 0.346 e. The summed E-state index contributed by atoms with van der Waals surface area (Å²) in [5.74, 6) is 0. The molecule has 0 unspecified atom stereocenters. The first kappa shape index (κ1) is 22.1. The first-order valence-electron chi connectivity index (χ1n) is 12.8. The van der Waals surface area contributed by atoms with E-state index in [-0.39, 0.29) is 16.5 Å². The summed E-state index contributed by atoms with van der Waals surface area (Å²) in [5.41, 5.74) is 6.88. The number of anilines is 1. The van der Waals surface area contributed by atoms with Crippen LogP contribution in [0.1, 0.15) is 57.2 Å². The van der Waals surface area contributed by atoms with Crippen molar-refractivity contribution < 1.29 is 4.42 Å². The second-order valence-electron chi connectivity index (χ2n) is 11.8. The predicted octanol–water partition coefficient (Wildman–Crippen LogP) is 7.70. The van der Waals surface area contributed by atoms with Gasteiger partial charge in [0.25, 0.3) is 0 Å². The molecule has 4 heterocycles. The average molecular weight is 495 g/mol. The highest BCUT2D eigenvalue weighted by atomic mass is 32.1. The van der Waals surface area contributed by atoms with Crippen molar-refractivity contribution in [2.45, 2.75) is 58.3 Å². The van der Waals surface area contributed by atoms with Crippen molar-refractivity contribution in [3.63, 3.8) is 0 Å². The monoisotopic (exact) mass is 494 g/mol. The molecule has 0 aliphatic carbocycles. The minimum Gasteiger partial charge on any atom is -0.422 e. The molecule has 4 nitrogen and oxygen atoms in total. The van der Waals surface area contributed by atoms with Gasteiger partial charge in [0.05, 0.1) is 15.8 Å². The van der Waals surface area contributed by atoms with E-state index >= 15 is 0 Å². The van der Waals surface area contributed by atoms with E-state index in [0.717, 1.165) is 68.5 Å². The van der Waals surface area contributed by atoms with Crippen LogP contribution in [-0.2, 0) is 10.8 Å². The number of nitrogens with zero attached hydrogens (tertiary/aromatic N) is 2. The molecule has 0 saturated carbocycles. The molecule has 0 bridgehead atoms. The van der Waals surface area contributed by atoms with E-state index in [0.29, 0.717) is 5.56 Å². The van der Waals surface area contributed by atoms with Crippen LogP contribution in [0.2, 0.25) is 0 Å². The van der Waals surface area contributed by atoms with E-state index in [4.69, 9.17) is 9.40 Å². The summed E-state index contributed by atoms with van der Waals surface area (Å²) in [6.45, 7) is 13.5. The maximum absolute atomic E-state index is 13.7. The van der Waals surface area contributed by atoms with Gasteiger partial charge in [0.1, 0.15) is 10.6 Å². The molecular weight excluding hydrogens is 464 g/mol. The van der Waals surface area contributed by atoms with Crippen LogP contribution in [0.15, 0.2) is 51.7 Å². The van der Waals surface area contributed by atoms with E-state index < -0.39 is 0 Å². The summed E-state index contributed by atoms with van der Waals surface area (Å²) in [7, 11) is 0. The van der Waals surface area contributed by atoms with Crippen LogP contribution < -0.4 is 10.5 Å². The molecule has 5 aromatic rings. The lowest BCUT2D eigenvalue weighted by atomic mass is 9.69. The molecule has 0 saturated heterocycles. The third kappa shape index (κ3) is 2.92. The van der Waals surface area contributed by atoms with Gasteiger partial charge in [0.15, 0.2) is 0 Å². The fourth-order valence-corrected chi connectivity index (χ4v) is 7.46. The molecule has 2 aliphatic heterocycles. The maximum atomic E-state index is 13.7. The Bertz CT molecular complexity index is 1790. The number of rotatable bonds is 1. The molecule has 182 valence electrons. The van der Waals surface area contributed by atoms with E-state index in [1.807, 2.05) is 12.1 Å². The van der Waals surface area contributed by atoms with Crippen molar-refractivity contribution in [3.8, 4) is 10.6 Å². The van der Waals surface area contributed by atoms with Gasteiger partial charge < -0.3 is 9.32 Å². The number of aromatic nitrogens is 1. The van der Waals surface area contributed by atoms with Crippen LogP contribution in [0.3, 0.4) is 0 Å². The lowest BCUT2D eigenvalue weighted by Crippen LogP contribution is -2.44. The van der Waals surface area contributed by atoms with Gasteiger partial charge >= 0.3 is 5.63 Å². The Labute approximate surface area is 214 Å². The molecule has 7 rings (SSSR count). The number of hydrogen-bond donors (Lipinski definition) is 0. The van der Waals surface area contributed by atoms with Gasteiger partial charge in [-0.1, -0.05) is 58.0 Å². The Hall–Kier alpha value is -3.18. The van der Waals surface area contributed by atoms with E-state index in [1.54, 1.807) is 11.3 Å². The topological polar surface area (TPSA) is 46.3 Å². The normalized spacial score (nSPS) is 18.2. The maximum Gasteiger partial charge on any atom is 0.346 e. The number of aryl methyl sites for hydroxylation is 1. The third-order valence-electron chi connectivity index (χ3n) is 8.66. The highest BCUT2D eigenvalue weighted by molar-refractivity contribution is 7.21. The number of thiazole rings is 1. The number of hydrogen-bond acceptors (Lipinski definition) is 5. The second kappa shape index (κ2) is 7.19. The summed E-state index contributed by atoms with van der Waals surface area (Å²) in [6.07, 6.45) is 2.17. The van der Waals surface area contributed by atoms with Crippen LogP contribution in [0.4, 0.5) is 5.69 Å². The molecule has 3 aromatic carbocycles. The lowest BCUT2D eigenvalue weighted by molar-refractivity contribution is 0.398. The zero-order valence-electron chi connectivity index (χ0n) is 21.5. The molecule has 0 N–H and O–H groups in total. The van der Waals surface area contributed by atoms with E-state index in [1.165, 1.54) is 16.8 Å². The first-order valence-corrected chi connectivity index (χ1v) is 13.7. The van der Waals surface area contributed by atoms with Crippen LogP contribution >= 0.6 is 11.3 Å². The quantitative estimate of drug-likeness (QED) is 0.224. The van der Waals surface area contributed by atoms with E-state index in [2.05, 4.69) is 69.9 Å². The number of benzene rings is 3. The fraction of sp³-hybridized carbons (Fsp3) is 0.355. The molecule has 0 radical (unpaired) electrons. The summed E-state index contributed by atoms with van der Waals surface area (Å²) < 4.78 is 7.35. The summed E-state index contributed by atoms with van der Waals surface area (Å²) in [4.78, 5) is 21.2. The zero-order chi connectivity index (χ0) is 25.0. The van der Waals surface area contributed by atoms with Gasteiger partial charge in [0, 0.05) is 35.1 Å². The largest absolute Gasteiger partial charge is 0.422 e. The standard InChI is InChI=1S/C31H30N2O2S/c1-17-20-16-21-26-24(31(4,5)13-15-33(26)14-12-30(21,2)3)27(20)35-29(34)23(17)28-32-25-19-9-7-6-8-18(19)10-11-22(25)36-28/h6-11,16H,12-15H2,1-5H3. The fourth-order valence-electron chi connectivity index (χ4n) is 6.38. The molecule has 0 amide bonds. The summed E-state index contributed by atoms with van der Waals surface area (Å²) >= 11 is 1.57. The molecular formula is C31H30N2O2S. The Morgan fingerprint density at radius 1 is 0.972 bits per heavy atom. The highest BCUT2D eigenvalue weighted by Crippen LogP contribution is 2.52. The Balaban J connectivity index is 1.56. The summed E-state index contributed by atoms with van der Waals surface area (Å²) in [5, 5.41) is 4.06. The van der Waals surface area contributed by atoms with Crippen molar-refractivity contribution in [1.82, 2.24) is 4.98 Å². The Morgan fingerprint density at radius 3 is 2.53 bits per heavy atom. The minimum absolute atomic E-state index is 0.0633. The molecule has 2 aromatic heterocycles. The van der Waals surface area contributed by atoms with Gasteiger partial charge in [0.2, 0.25) is 0 Å². The van der Waals surface area contributed by atoms with Crippen molar-refractivity contribution in [2.75, 3.05) is 18.0 Å². The van der Waals surface area contributed by atoms with Crippen LogP contribution in [0.5, 0.6) is 0 Å². The van der Waals surface area contributed by atoms with Crippen molar-refractivity contribution in [3.05, 3.63) is 69.6 Å². The molecule has 0 fully saturated rings. The zero-order valence-corrected chi connectivity index (χ0v) is 22.3. The number of fused-ring (bicyclic) bond motifs is 5. The predicted molar refractivity (Wildman–Crippen MR) is 151 cm³/mol. The van der Waals surface area contributed by atoms with Gasteiger partial charge in [-0.3, -0.25) is 0 Å². The molecule has 2 aliphatic rings. The second-order valence-corrected chi connectivity index (χ2v) is 12.9. The third-order valence-corrected chi connectivity index (χ3v) is 9.70. The van der Waals surface area contributed by atoms with Crippen molar-refractivity contribution >= 4 is 49.0 Å². The Morgan fingerprint density at radius 2 is 1.72 bits per heavy atom.